The van der Waals surface area contributed by atoms with Gasteiger partial charge in [-0.1, -0.05) is 29.4 Å². The van der Waals surface area contributed by atoms with Gasteiger partial charge in [-0.25, -0.2) is 0 Å². The Balaban J connectivity index is 0.00000336. The van der Waals surface area contributed by atoms with Crippen molar-refractivity contribution in [2.24, 2.45) is 0 Å². The van der Waals surface area contributed by atoms with Gasteiger partial charge in [0.2, 0.25) is 11.7 Å². The summed E-state index contributed by atoms with van der Waals surface area (Å²) in [6, 6.07) is 19.9. The third-order valence-electron chi connectivity index (χ3n) is 6.76. The van der Waals surface area contributed by atoms with Gasteiger partial charge in [0.15, 0.2) is 0 Å². The van der Waals surface area contributed by atoms with Gasteiger partial charge < -0.3 is 19.5 Å². The van der Waals surface area contributed by atoms with Crippen LogP contribution in [-0.4, -0.2) is 47.2 Å². The number of nitrogens with zero attached hydrogens (tertiary/aromatic N) is 3. The minimum Gasteiger partial charge on any atom is -0.491 e. The fourth-order valence-electron chi connectivity index (χ4n) is 4.62. The molecule has 0 aliphatic carbocycles. The number of halogens is 2. The Bertz CT molecular complexity index is 1420. The van der Waals surface area contributed by atoms with Crippen LogP contribution in [0, 0.1) is 17.4 Å². The minimum absolute atomic E-state index is 0. The van der Waals surface area contributed by atoms with Crippen molar-refractivity contribution >= 4 is 46.6 Å². The smallest absolute Gasteiger partial charge is 0.255 e. The summed E-state index contributed by atoms with van der Waals surface area (Å²) in [7, 11) is 2.14. The van der Waals surface area contributed by atoms with E-state index in [1.54, 1.807) is 6.92 Å². The zero-order chi connectivity index (χ0) is 25.9. The number of rotatable bonds is 7. The number of hydrogen-bond acceptors (Lipinski definition) is 6. The number of likely N-dealkylation sites (tertiary alicyclic amines) is 1. The van der Waals surface area contributed by atoms with Gasteiger partial charge in [0.25, 0.3) is 5.91 Å². The Labute approximate surface area is 242 Å². The van der Waals surface area contributed by atoms with Crippen LogP contribution in [0.25, 0.3) is 22.5 Å². The number of likely N-dealkylation sites (N-methyl/N-ethyl adjacent to an activating group) is 1. The molecule has 1 aliphatic rings. The van der Waals surface area contributed by atoms with E-state index < -0.39 is 0 Å². The first-order valence-corrected chi connectivity index (χ1v) is 13.4. The largest absolute Gasteiger partial charge is 0.491 e. The molecule has 1 fully saturated rings. The topological polar surface area (TPSA) is 80.5 Å². The lowest BCUT2D eigenvalue weighted by atomic mass is 9.97. The Kier molecular flexibility index (Phi) is 9.07. The highest BCUT2D eigenvalue weighted by Gasteiger charge is 2.21. The van der Waals surface area contributed by atoms with E-state index in [0.717, 1.165) is 44.5 Å². The Morgan fingerprint density at radius 3 is 2.53 bits per heavy atom. The van der Waals surface area contributed by atoms with Crippen LogP contribution in [0.2, 0.25) is 0 Å². The monoisotopic (exact) mass is 644 g/mol. The fourth-order valence-corrected chi connectivity index (χ4v) is 5.11. The van der Waals surface area contributed by atoms with Crippen LogP contribution in [0.5, 0.6) is 5.75 Å². The van der Waals surface area contributed by atoms with Crippen molar-refractivity contribution < 1.29 is 14.1 Å². The first-order valence-electron chi connectivity index (χ1n) is 12.3. The first kappa shape index (κ1) is 28.1. The van der Waals surface area contributed by atoms with Gasteiger partial charge in [-0.05, 0) is 103 Å². The number of amides is 1. The Hall–Kier alpha value is -2.95. The highest BCUT2D eigenvalue weighted by Crippen LogP contribution is 2.29. The van der Waals surface area contributed by atoms with Crippen molar-refractivity contribution in [1.82, 2.24) is 15.0 Å². The molecule has 1 unspecified atom stereocenters. The predicted molar refractivity (Wildman–Crippen MR) is 160 cm³/mol. The first-order chi connectivity index (χ1) is 17.9. The summed E-state index contributed by atoms with van der Waals surface area (Å²) < 4.78 is 12.2. The third-order valence-corrected chi connectivity index (χ3v) is 7.65. The van der Waals surface area contributed by atoms with Crippen LogP contribution >= 0.6 is 35.0 Å². The zero-order valence-electron chi connectivity index (χ0n) is 21.5. The van der Waals surface area contributed by atoms with Gasteiger partial charge in [-0.15, -0.1) is 12.4 Å². The lowest BCUT2D eigenvalue weighted by Crippen LogP contribution is -2.30. The molecule has 5 rings (SSSR count). The number of ether oxygens (including phenoxy) is 1. The molecule has 198 valence electrons. The second-order valence-electron chi connectivity index (χ2n) is 9.43. The quantitative estimate of drug-likeness (QED) is 0.224. The average molecular weight is 645 g/mol. The van der Waals surface area contributed by atoms with Crippen molar-refractivity contribution in [3.05, 3.63) is 81.3 Å². The summed E-state index contributed by atoms with van der Waals surface area (Å²) >= 11 is 2.27. The molecule has 0 bridgehead atoms. The number of aromatic nitrogens is 2. The van der Waals surface area contributed by atoms with Crippen molar-refractivity contribution in [3.63, 3.8) is 0 Å². The third kappa shape index (κ3) is 6.36. The van der Waals surface area contributed by atoms with E-state index in [0.29, 0.717) is 35.6 Å². The summed E-state index contributed by atoms with van der Waals surface area (Å²) in [5.74, 6) is 1.75. The maximum Gasteiger partial charge on any atom is 0.255 e. The molecular weight excluding hydrogens is 615 g/mol. The van der Waals surface area contributed by atoms with E-state index in [-0.39, 0.29) is 18.3 Å². The van der Waals surface area contributed by atoms with Crippen LogP contribution in [0.1, 0.15) is 34.7 Å². The summed E-state index contributed by atoms with van der Waals surface area (Å²) in [4.78, 5) is 19.6. The molecule has 1 atom stereocenters. The van der Waals surface area contributed by atoms with E-state index in [2.05, 4.69) is 50.0 Å². The van der Waals surface area contributed by atoms with E-state index in [9.17, 15) is 4.79 Å². The van der Waals surface area contributed by atoms with Crippen LogP contribution in [0.3, 0.4) is 0 Å². The van der Waals surface area contributed by atoms with Crippen LogP contribution in [0.4, 0.5) is 5.69 Å². The maximum absolute atomic E-state index is 13.0. The van der Waals surface area contributed by atoms with Crippen molar-refractivity contribution in [2.45, 2.75) is 32.7 Å². The molecule has 38 heavy (non-hydrogen) atoms. The van der Waals surface area contributed by atoms with E-state index in [1.807, 2.05) is 67.6 Å². The molecule has 1 N–H and O–H groups in total. The molecule has 1 aliphatic heterocycles. The average Bonchev–Trinajstić information content (AvgIpc) is 3.52. The number of anilines is 1. The molecule has 2 heterocycles. The normalized spacial score (nSPS) is 15.2. The summed E-state index contributed by atoms with van der Waals surface area (Å²) in [6.45, 7) is 5.59. The molecule has 7 nitrogen and oxygen atoms in total. The van der Waals surface area contributed by atoms with E-state index in [4.69, 9.17) is 9.26 Å². The predicted octanol–water partition coefficient (Wildman–Crippen LogP) is 6.77. The van der Waals surface area contributed by atoms with Crippen molar-refractivity contribution in [2.75, 3.05) is 25.5 Å². The maximum atomic E-state index is 13.0. The number of aryl methyl sites for hydroxylation is 2. The molecule has 4 aromatic rings. The highest BCUT2D eigenvalue weighted by molar-refractivity contribution is 14.1. The van der Waals surface area contributed by atoms with Crippen LogP contribution < -0.4 is 10.1 Å². The van der Waals surface area contributed by atoms with Gasteiger partial charge in [0.1, 0.15) is 12.4 Å². The molecule has 0 spiro atoms. The van der Waals surface area contributed by atoms with Gasteiger partial charge >= 0.3 is 0 Å². The number of carbonyl (C=O) groups excluding carboxylic acids is 1. The molecule has 1 saturated heterocycles. The number of benzene rings is 3. The molecule has 3 aromatic carbocycles. The Morgan fingerprint density at radius 2 is 1.87 bits per heavy atom. The number of nitrogens with one attached hydrogen (secondary N) is 1. The molecule has 0 saturated carbocycles. The Morgan fingerprint density at radius 1 is 1.11 bits per heavy atom. The van der Waals surface area contributed by atoms with Gasteiger partial charge in [0, 0.05) is 35.8 Å². The zero-order valence-corrected chi connectivity index (χ0v) is 24.5. The SMILES string of the molecule is Cc1nc(-c2ccc(-c3ccc(C(=O)Nc4ccc(I)c(OCC5CCCN5C)c4)cc3)c(C)c2)no1.Cl. The minimum atomic E-state index is -0.159. The second-order valence-corrected chi connectivity index (χ2v) is 10.6. The number of hydrogen-bond donors (Lipinski definition) is 1. The van der Waals surface area contributed by atoms with Crippen molar-refractivity contribution in [1.29, 1.82) is 0 Å². The molecular formula is C29H30ClIN4O3. The lowest BCUT2D eigenvalue weighted by molar-refractivity contribution is 0.102. The fraction of sp³-hybridized carbons (Fsp3) is 0.276. The molecule has 1 aromatic heterocycles. The van der Waals surface area contributed by atoms with Gasteiger partial charge in [-0.2, -0.15) is 4.98 Å². The summed E-state index contributed by atoms with van der Waals surface area (Å²) in [6.07, 6.45) is 2.36. The highest BCUT2D eigenvalue weighted by atomic mass is 127. The van der Waals surface area contributed by atoms with E-state index >= 15 is 0 Å². The lowest BCUT2D eigenvalue weighted by Gasteiger charge is -2.20. The summed E-state index contributed by atoms with van der Waals surface area (Å²) in [5.41, 5.74) is 5.42. The van der Waals surface area contributed by atoms with Gasteiger partial charge in [-0.3, -0.25) is 4.79 Å². The van der Waals surface area contributed by atoms with Gasteiger partial charge in [0.05, 0.1) is 3.57 Å². The molecule has 9 heteroatoms. The molecule has 0 radical (unpaired) electrons. The summed E-state index contributed by atoms with van der Waals surface area (Å²) in [5, 5.41) is 7.00. The number of carbonyl (C=O) groups is 1. The van der Waals surface area contributed by atoms with Crippen molar-refractivity contribution in [3.8, 4) is 28.3 Å². The standard InChI is InChI=1S/C29H29IN4O3.ClH/c1-18-15-22(28-31-19(2)37-33-28)10-12-25(18)20-6-8-21(9-7-20)29(35)32-23-11-13-26(30)27(16-23)36-17-24-5-4-14-34(24)3;/h6-13,15-16,24H,4-5,14,17H2,1-3H3,(H,32,35);1H. The van der Waals surface area contributed by atoms with E-state index in [1.165, 1.54) is 6.42 Å². The molecule has 1 amide bonds. The second kappa shape index (κ2) is 12.3. The van der Waals surface area contributed by atoms with Crippen LogP contribution in [0.15, 0.2) is 65.2 Å². The van der Waals surface area contributed by atoms with Crippen LogP contribution in [-0.2, 0) is 0 Å².